The number of hydrogen-bond acceptors (Lipinski definition) is 3. The Bertz CT molecular complexity index is 833. The largest absolute Gasteiger partial charge is 0.346 e. The Balaban J connectivity index is 2.20. The first-order valence-corrected chi connectivity index (χ1v) is 9.12. The normalized spacial score (nSPS) is 12.9. The Morgan fingerprint density at radius 2 is 1.75 bits per heavy atom. The molecule has 0 aliphatic heterocycles. The second-order valence-electron chi connectivity index (χ2n) is 5.56. The minimum Gasteiger partial charge on any atom is -0.346 e. The fourth-order valence-electron chi connectivity index (χ4n) is 2.12. The van der Waals surface area contributed by atoms with Crippen molar-refractivity contribution in [3.63, 3.8) is 0 Å². The van der Waals surface area contributed by atoms with Gasteiger partial charge in [-0.2, -0.15) is 0 Å². The number of sulfonamides is 1. The number of amides is 1. The summed E-state index contributed by atoms with van der Waals surface area (Å²) >= 11 is 5.86. The average Bonchev–Trinajstić information content (AvgIpc) is 2.55. The highest BCUT2D eigenvalue weighted by molar-refractivity contribution is 7.89. The molecule has 2 aromatic carbocycles. The lowest BCUT2D eigenvalue weighted by atomic mass is 10.1. The molecule has 2 aromatic rings. The number of rotatable bonds is 5. The molecule has 0 aromatic heterocycles. The lowest BCUT2D eigenvalue weighted by Crippen LogP contribution is -2.27. The molecule has 0 heterocycles. The van der Waals surface area contributed by atoms with Crippen LogP contribution in [0.15, 0.2) is 53.4 Å². The van der Waals surface area contributed by atoms with Crippen LogP contribution in [0.1, 0.15) is 28.9 Å². The van der Waals surface area contributed by atoms with E-state index in [9.17, 15) is 13.2 Å². The summed E-state index contributed by atoms with van der Waals surface area (Å²) in [5, 5.41) is 3.47. The molecule has 5 nitrogen and oxygen atoms in total. The van der Waals surface area contributed by atoms with Crippen LogP contribution in [0.2, 0.25) is 5.02 Å². The van der Waals surface area contributed by atoms with Gasteiger partial charge in [-0.1, -0.05) is 29.8 Å². The number of nitrogens with one attached hydrogen (secondary N) is 1. The third-order valence-corrected chi connectivity index (χ3v) is 5.66. The molecule has 1 N–H and O–H groups in total. The average molecular weight is 367 g/mol. The topological polar surface area (TPSA) is 66.5 Å². The van der Waals surface area contributed by atoms with Crippen molar-refractivity contribution in [1.29, 1.82) is 0 Å². The van der Waals surface area contributed by atoms with Gasteiger partial charge in [-0.05, 0) is 42.8 Å². The van der Waals surface area contributed by atoms with Gasteiger partial charge >= 0.3 is 0 Å². The molecule has 0 saturated heterocycles. The molecule has 0 saturated carbocycles. The number of carbonyl (C=O) groups is 1. The lowest BCUT2D eigenvalue weighted by Gasteiger charge is -2.16. The van der Waals surface area contributed by atoms with Crippen LogP contribution in [-0.4, -0.2) is 32.7 Å². The van der Waals surface area contributed by atoms with E-state index in [0.29, 0.717) is 10.6 Å². The zero-order valence-electron chi connectivity index (χ0n) is 13.7. The summed E-state index contributed by atoms with van der Waals surface area (Å²) < 4.78 is 25.4. The first kappa shape index (κ1) is 18.4. The molecule has 0 bridgehead atoms. The highest BCUT2D eigenvalue weighted by Crippen LogP contribution is 2.18. The van der Waals surface area contributed by atoms with Gasteiger partial charge in [-0.3, -0.25) is 4.79 Å². The Labute approximate surface area is 147 Å². The Morgan fingerprint density at radius 3 is 2.33 bits per heavy atom. The summed E-state index contributed by atoms with van der Waals surface area (Å²) in [6.07, 6.45) is 0. The molecule has 2 rings (SSSR count). The zero-order chi connectivity index (χ0) is 17.9. The molecule has 0 unspecified atom stereocenters. The number of halogens is 1. The van der Waals surface area contributed by atoms with E-state index in [2.05, 4.69) is 5.32 Å². The minimum absolute atomic E-state index is 0.0827. The van der Waals surface area contributed by atoms with Gasteiger partial charge in [0.25, 0.3) is 5.91 Å². The summed E-state index contributed by atoms with van der Waals surface area (Å²) in [6, 6.07) is 12.9. The van der Waals surface area contributed by atoms with E-state index < -0.39 is 10.0 Å². The molecule has 7 heteroatoms. The minimum atomic E-state index is -3.58. The summed E-state index contributed by atoms with van der Waals surface area (Å²) in [4.78, 5) is 12.5. The molecule has 0 fully saturated rings. The fraction of sp³-hybridized carbons (Fsp3) is 0.235. The molecule has 24 heavy (non-hydrogen) atoms. The van der Waals surface area contributed by atoms with Crippen molar-refractivity contribution in [2.24, 2.45) is 0 Å². The van der Waals surface area contributed by atoms with Crippen molar-refractivity contribution in [2.75, 3.05) is 14.1 Å². The number of benzene rings is 2. The molecule has 1 amide bonds. The molecule has 0 spiro atoms. The lowest BCUT2D eigenvalue weighted by molar-refractivity contribution is 0.0939. The van der Waals surface area contributed by atoms with E-state index in [1.54, 1.807) is 24.3 Å². The van der Waals surface area contributed by atoms with Crippen LogP contribution in [0.4, 0.5) is 0 Å². The number of carbonyl (C=O) groups excluding carboxylic acids is 1. The van der Waals surface area contributed by atoms with E-state index >= 15 is 0 Å². The van der Waals surface area contributed by atoms with E-state index in [0.717, 1.165) is 9.87 Å². The molecular formula is C17H19ClN2O3S. The second-order valence-corrected chi connectivity index (χ2v) is 8.15. The first-order valence-electron chi connectivity index (χ1n) is 7.31. The smallest absolute Gasteiger partial charge is 0.251 e. The van der Waals surface area contributed by atoms with E-state index in [4.69, 9.17) is 11.6 Å². The van der Waals surface area contributed by atoms with Crippen LogP contribution in [-0.2, 0) is 10.0 Å². The molecule has 0 aliphatic rings. The molecular weight excluding hydrogens is 348 g/mol. The van der Waals surface area contributed by atoms with Crippen molar-refractivity contribution < 1.29 is 13.2 Å². The predicted molar refractivity (Wildman–Crippen MR) is 94.6 cm³/mol. The van der Waals surface area contributed by atoms with Gasteiger partial charge in [0.2, 0.25) is 10.0 Å². The van der Waals surface area contributed by atoms with Crippen LogP contribution in [0.5, 0.6) is 0 Å². The molecule has 1 atom stereocenters. The van der Waals surface area contributed by atoms with Crippen LogP contribution >= 0.6 is 11.6 Å². The quantitative estimate of drug-likeness (QED) is 0.884. The second kappa shape index (κ2) is 7.34. The Morgan fingerprint density at radius 1 is 1.12 bits per heavy atom. The third kappa shape index (κ3) is 4.14. The predicted octanol–water partition coefficient (Wildman–Crippen LogP) is 3.08. The Kier molecular flexibility index (Phi) is 5.64. The van der Waals surface area contributed by atoms with Gasteiger partial charge < -0.3 is 5.32 Å². The SMILES string of the molecule is C[C@H](NC(=O)c1cccc(S(=O)(=O)N(C)C)c1)c1ccc(Cl)cc1. The van der Waals surface area contributed by atoms with Gasteiger partial charge in [0.15, 0.2) is 0 Å². The van der Waals surface area contributed by atoms with Crippen molar-refractivity contribution in [3.8, 4) is 0 Å². The number of nitrogens with zero attached hydrogens (tertiary/aromatic N) is 1. The van der Waals surface area contributed by atoms with E-state index in [-0.39, 0.29) is 16.8 Å². The standard InChI is InChI=1S/C17H19ClN2O3S/c1-12(13-7-9-15(18)10-8-13)19-17(21)14-5-4-6-16(11-14)24(22,23)20(2)3/h4-12H,1-3H3,(H,19,21)/t12-/m0/s1. The third-order valence-electron chi connectivity index (χ3n) is 3.59. The van der Waals surface area contributed by atoms with Crippen LogP contribution < -0.4 is 5.32 Å². The van der Waals surface area contributed by atoms with Gasteiger partial charge in [0.1, 0.15) is 0 Å². The first-order chi connectivity index (χ1) is 11.2. The van der Waals surface area contributed by atoms with E-state index in [1.165, 1.54) is 26.2 Å². The summed E-state index contributed by atoms with van der Waals surface area (Å²) in [6.45, 7) is 1.85. The van der Waals surface area contributed by atoms with Crippen LogP contribution in [0.3, 0.4) is 0 Å². The van der Waals surface area contributed by atoms with Crippen molar-refractivity contribution in [1.82, 2.24) is 9.62 Å². The maximum atomic E-state index is 12.4. The van der Waals surface area contributed by atoms with Crippen LogP contribution in [0.25, 0.3) is 0 Å². The van der Waals surface area contributed by atoms with Crippen LogP contribution in [0, 0.1) is 0 Å². The summed E-state index contributed by atoms with van der Waals surface area (Å²) in [7, 11) is -0.681. The van der Waals surface area contributed by atoms with Crippen molar-refractivity contribution in [3.05, 3.63) is 64.7 Å². The molecule has 0 radical (unpaired) electrons. The van der Waals surface area contributed by atoms with E-state index in [1.807, 2.05) is 19.1 Å². The summed E-state index contributed by atoms with van der Waals surface area (Å²) in [5.74, 6) is -0.340. The van der Waals surface area contributed by atoms with Crippen molar-refractivity contribution >= 4 is 27.5 Å². The maximum absolute atomic E-state index is 12.4. The van der Waals surface area contributed by atoms with Gasteiger partial charge in [0, 0.05) is 24.7 Å². The number of hydrogen-bond donors (Lipinski definition) is 1. The Hall–Kier alpha value is -1.89. The monoisotopic (exact) mass is 366 g/mol. The maximum Gasteiger partial charge on any atom is 0.251 e. The summed E-state index contributed by atoms with van der Waals surface area (Å²) in [5.41, 5.74) is 1.20. The fourth-order valence-corrected chi connectivity index (χ4v) is 3.20. The molecule has 128 valence electrons. The van der Waals surface area contributed by atoms with Gasteiger partial charge in [0.05, 0.1) is 10.9 Å². The highest BCUT2D eigenvalue weighted by atomic mass is 35.5. The zero-order valence-corrected chi connectivity index (χ0v) is 15.2. The van der Waals surface area contributed by atoms with Crippen molar-refractivity contribution in [2.45, 2.75) is 17.9 Å². The van der Waals surface area contributed by atoms with Gasteiger partial charge in [-0.25, -0.2) is 12.7 Å². The highest BCUT2D eigenvalue weighted by Gasteiger charge is 2.19. The van der Waals surface area contributed by atoms with Gasteiger partial charge in [-0.15, -0.1) is 0 Å². The molecule has 0 aliphatic carbocycles.